The van der Waals surface area contributed by atoms with Crippen LogP contribution in [0.3, 0.4) is 0 Å². The van der Waals surface area contributed by atoms with E-state index < -0.39 is 11.9 Å². The molecule has 0 aliphatic heterocycles. The number of rotatable bonds is 7. The zero-order valence-corrected chi connectivity index (χ0v) is 16.7. The molecule has 30 heavy (non-hydrogen) atoms. The van der Waals surface area contributed by atoms with Crippen LogP contribution in [-0.4, -0.2) is 22.2 Å². The Morgan fingerprint density at radius 2 is 1.23 bits per heavy atom. The maximum atomic E-state index is 9.10. The standard InChI is InChI=1S/C22H23NO.C2H2O4/c1-18-7-9-19(10-8-18)15-23-16-20-11-13-22(14-12-20)24-17-21-5-3-2-4-6-21;3-1(4)2(5)6/h2-14,23H,15-17H2,1H3;(H,3,4)(H,5,6). The number of hydrogen-bond acceptors (Lipinski definition) is 4. The highest BCUT2D eigenvalue weighted by molar-refractivity contribution is 6.27. The lowest BCUT2D eigenvalue weighted by Crippen LogP contribution is -2.12. The normalized spacial score (nSPS) is 9.90. The first-order chi connectivity index (χ1) is 14.4. The molecule has 0 amide bonds. The van der Waals surface area contributed by atoms with Gasteiger partial charge < -0.3 is 20.3 Å². The van der Waals surface area contributed by atoms with Crippen molar-refractivity contribution in [3.63, 3.8) is 0 Å². The summed E-state index contributed by atoms with van der Waals surface area (Å²) < 4.78 is 5.81. The van der Waals surface area contributed by atoms with E-state index in [4.69, 9.17) is 24.5 Å². The van der Waals surface area contributed by atoms with Gasteiger partial charge in [-0.15, -0.1) is 0 Å². The summed E-state index contributed by atoms with van der Waals surface area (Å²) in [6.45, 7) is 4.45. The van der Waals surface area contributed by atoms with Crippen molar-refractivity contribution in [3.8, 4) is 5.75 Å². The molecular weight excluding hydrogens is 382 g/mol. The van der Waals surface area contributed by atoms with Crippen molar-refractivity contribution < 1.29 is 24.5 Å². The fourth-order valence-electron chi connectivity index (χ4n) is 2.50. The zero-order chi connectivity index (χ0) is 21.8. The molecular formula is C24H25NO5. The Bertz CT molecular complexity index is 910. The predicted molar refractivity (Wildman–Crippen MR) is 114 cm³/mol. The number of carboxylic acids is 2. The topological polar surface area (TPSA) is 95.9 Å². The number of aryl methyl sites for hydroxylation is 1. The van der Waals surface area contributed by atoms with Gasteiger partial charge in [0.25, 0.3) is 0 Å². The summed E-state index contributed by atoms with van der Waals surface area (Å²) in [6, 6.07) is 27.2. The molecule has 0 saturated heterocycles. The molecule has 6 heteroatoms. The Morgan fingerprint density at radius 3 is 1.73 bits per heavy atom. The highest BCUT2D eigenvalue weighted by atomic mass is 16.5. The maximum Gasteiger partial charge on any atom is 0.414 e. The van der Waals surface area contributed by atoms with Crippen molar-refractivity contribution in [1.82, 2.24) is 5.32 Å². The van der Waals surface area contributed by atoms with Gasteiger partial charge in [-0.3, -0.25) is 0 Å². The van der Waals surface area contributed by atoms with Crippen LogP contribution in [0.25, 0.3) is 0 Å². The van der Waals surface area contributed by atoms with Gasteiger partial charge in [-0.05, 0) is 35.7 Å². The molecule has 156 valence electrons. The van der Waals surface area contributed by atoms with Crippen LogP contribution in [0.1, 0.15) is 22.3 Å². The van der Waals surface area contributed by atoms with Crippen LogP contribution in [0.4, 0.5) is 0 Å². The predicted octanol–water partition coefficient (Wildman–Crippen LogP) is 4.02. The molecule has 3 rings (SSSR count). The molecule has 0 spiro atoms. The van der Waals surface area contributed by atoms with Crippen LogP contribution in [0.15, 0.2) is 78.9 Å². The monoisotopic (exact) mass is 407 g/mol. The molecule has 0 saturated carbocycles. The van der Waals surface area contributed by atoms with E-state index in [1.807, 2.05) is 30.3 Å². The van der Waals surface area contributed by atoms with Crippen LogP contribution in [0.2, 0.25) is 0 Å². The number of carboxylic acid groups (broad SMARTS) is 2. The third-order valence-corrected chi connectivity index (χ3v) is 4.13. The van der Waals surface area contributed by atoms with E-state index in [0.29, 0.717) is 6.61 Å². The summed E-state index contributed by atoms with van der Waals surface area (Å²) >= 11 is 0. The van der Waals surface area contributed by atoms with E-state index in [0.717, 1.165) is 18.8 Å². The fraction of sp³-hybridized carbons (Fsp3) is 0.167. The minimum Gasteiger partial charge on any atom is -0.489 e. The van der Waals surface area contributed by atoms with Crippen molar-refractivity contribution >= 4 is 11.9 Å². The average Bonchev–Trinajstić information content (AvgIpc) is 2.76. The van der Waals surface area contributed by atoms with Gasteiger partial charge in [-0.1, -0.05) is 72.3 Å². The summed E-state index contributed by atoms with van der Waals surface area (Å²) in [6.07, 6.45) is 0. The molecule has 0 fully saturated rings. The molecule has 0 unspecified atom stereocenters. The van der Waals surface area contributed by atoms with Crippen LogP contribution in [0, 0.1) is 6.92 Å². The second-order valence-corrected chi connectivity index (χ2v) is 6.62. The van der Waals surface area contributed by atoms with Gasteiger partial charge in [-0.25, -0.2) is 9.59 Å². The lowest BCUT2D eigenvalue weighted by molar-refractivity contribution is -0.159. The Labute approximate surface area is 175 Å². The van der Waals surface area contributed by atoms with E-state index >= 15 is 0 Å². The molecule has 0 aliphatic rings. The smallest absolute Gasteiger partial charge is 0.414 e. The molecule has 0 bridgehead atoms. The molecule has 3 N–H and O–H groups in total. The summed E-state index contributed by atoms with van der Waals surface area (Å²) in [4.78, 5) is 18.2. The molecule has 6 nitrogen and oxygen atoms in total. The fourth-order valence-corrected chi connectivity index (χ4v) is 2.50. The Morgan fingerprint density at radius 1 is 0.733 bits per heavy atom. The van der Waals surface area contributed by atoms with Crippen LogP contribution in [-0.2, 0) is 29.3 Å². The van der Waals surface area contributed by atoms with E-state index in [2.05, 4.69) is 60.8 Å². The molecule has 3 aromatic carbocycles. The van der Waals surface area contributed by atoms with Crippen LogP contribution < -0.4 is 10.1 Å². The molecule has 0 atom stereocenters. The molecule has 0 aromatic heterocycles. The Balaban J connectivity index is 0.000000469. The maximum absolute atomic E-state index is 9.10. The first-order valence-electron chi connectivity index (χ1n) is 9.42. The van der Waals surface area contributed by atoms with Crippen molar-refractivity contribution in [1.29, 1.82) is 0 Å². The minimum atomic E-state index is -1.82. The molecule has 3 aromatic rings. The van der Waals surface area contributed by atoms with Crippen LogP contribution >= 0.6 is 0 Å². The quantitative estimate of drug-likeness (QED) is 0.512. The SMILES string of the molecule is Cc1ccc(CNCc2ccc(OCc3ccccc3)cc2)cc1.O=C(O)C(=O)O. The van der Waals surface area contributed by atoms with Gasteiger partial charge >= 0.3 is 11.9 Å². The number of carbonyl (C=O) groups is 2. The third-order valence-electron chi connectivity index (χ3n) is 4.13. The zero-order valence-electron chi connectivity index (χ0n) is 16.7. The summed E-state index contributed by atoms with van der Waals surface area (Å²) in [5, 5.41) is 18.3. The molecule has 0 heterocycles. The van der Waals surface area contributed by atoms with Gasteiger partial charge in [0.2, 0.25) is 0 Å². The third kappa shape index (κ3) is 8.58. The van der Waals surface area contributed by atoms with Crippen LogP contribution in [0.5, 0.6) is 5.75 Å². The second-order valence-electron chi connectivity index (χ2n) is 6.62. The molecule has 0 aliphatic carbocycles. The number of benzene rings is 3. The molecule has 0 radical (unpaired) electrons. The average molecular weight is 407 g/mol. The van der Waals surface area contributed by atoms with Gasteiger partial charge in [0.05, 0.1) is 0 Å². The minimum absolute atomic E-state index is 0.603. The van der Waals surface area contributed by atoms with Crippen molar-refractivity contribution in [2.75, 3.05) is 0 Å². The Hall–Kier alpha value is -3.64. The highest BCUT2D eigenvalue weighted by Gasteiger charge is 2.04. The van der Waals surface area contributed by atoms with E-state index in [-0.39, 0.29) is 0 Å². The lowest BCUT2D eigenvalue weighted by Gasteiger charge is -2.08. The second kappa shape index (κ2) is 12.0. The van der Waals surface area contributed by atoms with E-state index in [1.165, 1.54) is 22.3 Å². The van der Waals surface area contributed by atoms with E-state index in [1.54, 1.807) is 0 Å². The number of hydrogen-bond donors (Lipinski definition) is 3. The van der Waals surface area contributed by atoms with Gasteiger partial charge in [0.15, 0.2) is 0 Å². The first-order valence-corrected chi connectivity index (χ1v) is 9.42. The Kier molecular flexibility index (Phi) is 9.09. The lowest BCUT2D eigenvalue weighted by atomic mass is 10.1. The number of ether oxygens (including phenoxy) is 1. The summed E-state index contributed by atoms with van der Waals surface area (Å²) in [7, 11) is 0. The number of aliphatic carboxylic acids is 2. The largest absolute Gasteiger partial charge is 0.489 e. The van der Waals surface area contributed by atoms with Crippen molar-refractivity contribution in [3.05, 3.63) is 101 Å². The summed E-state index contributed by atoms with van der Waals surface area (Å²) in [5.74, 6) is -2.74. The highest BCUT2D eigenvalue weighted by Crippen LogP contribution is 2.14. The van der Waals surface area contributed by atoms with Gasteiger partial charge in [0, 0.05) is 13.1 Å². The van der Waals surface area contributed by atoms with Crippen molar-refractivity contribution in [2.24, 2.45) is 0 Å². The van der Waals surface area contributed by atoms with Gasteiger partial charge in [-0.2, -0.15) is 0 Å². The van der Waals surface area contributed by atoms with E-state index in [9.17, 15) is 0 Å². The first kappa shape index (κ1) is 22.6. The van der Waals surface area contributed by atoms with Gasteiger partial charge in [0.1, 0.15) is 12.4 Å². The summed E-state index contributed by atoms with van der Waals surface area (Å²) in [5.41, 5.74) is 5.05. The van der Waals surface area contributed by atoms with Crippen molar-refractivity contribution in [2.45, 2.75) is 26.6 Å². The number of nitrogens with one attached hydrogen (secondary N) is 1.